The molecule has 1 aromatic rings. The van der Waals surface area contributed by atoms with Gasteiger partial charge in [0.25, 0.3) is 12.4 Å². The van der Waals surface area contributed by atoms with Gasteiger partial charge in [-0.2, -0.15) is 0 Å². The molecule has 1 unspecified atom stereocenters. The van der Waals surface area contributed by atoms with Crippen LogP contribution in [0.2, 0.25) is 0 Å². The minimum absolute atomic E-state index is 0.0194. The fourth-order valence-corrected chi connectivity index (χ4v) is 3.57. The van der Waals surface area contributed by atoms with Crippen molar-refractivity contribution < 1.29 is 33.8 Å². The number of hydrogen-bond acceptors (Lipinski definition) is 7. The average Bonchev–Trinajstić information content (AvgIpc) is 3.16. The summed E-state index contributed by atoms with van der Waals surface area (Å²) in [7, 11) is 0. The first kappa shape index (κ1) is 25.1. The zero-order valence-electron chi connectivity index (χ0n) is 18.3. The third-order valence-electron chi connectivity index (χ3n) is 5.08. The van der Waals surface area contributed by atoms with Crippen molar-refractivity contribution in [2.75, 3.05) is 39.3 Å². The Bertz CT molecular complexity index is 800. The molecule has 32 heavy (non-hydrogen) atoms. The molecule has 176 valence electrons. The predicted octanol–water partition coefficient (Wildman–Crippen LogP) is 0.722. The Morgan fingerprint density at radius 1 is 1.16 bits per heavy atom. The van der Waals surface area contributed by atoms with Crippen molar-refractivity contribution in [2.45, 2.75) is 38.7 Å². The number of amides is 2. The molecule has 0 aliphatic carbocycles. The minimum atomic E-state index is -0.250. The standard InChI is InChI=1S/C21H29N3O5.CH2O2/c1-15-4-6-18-17(13-15)21(27)23-8-11-24(14-16-5-7-20(26)29-16)10-2-3-19(25)22-9-12-28-18;2-1-3/h4,6,13,16H,2-3,5,7-12,14H2,1H3,(H,22,25)(H,23,27);1H,(H,2,3). The van der Waals surface area contributed by atoms with E-state index >= 15 is 0 Å². The summed E-state index contributed by atoms with van der Waals surface area (Å²) >= 11 is 0. The zero-order valence-corrected chi connectivity index (χ0v) is 18.3. The highest BCUT2D eigenvalue weighted by Crippen LogP contribution is 2.20. The summed E-state index contributed by atoms with van der Waals surface area (Å²) in [6, 6.07) is 5.48. The normalized spacial score (nSPS) is 20.7. The van der Waals surface area contributed by atoms with Gasteiger partial charge in [-0.3, -0.25) is 24.1 Å². The SMILES string of the molecule is Cc1ccc2c(c1)C(=O)NCCN(CC1CCC(=O)O1)CCCC(=O)NCCO2.O=CO. The van der Waals surface area contributed by atoms with E-state index in [0.29, 0.717) is 76.3 Å². The maximum absolute atomic E-state index is 12.7. The number of carbonyl (C=O) groups is 4. The number of aryl methyl sites for hydroxylation is 1. The largest absolute Gasteiger partial charge is 0.491 e. The van der Waals surface area contributed by atoms with E-state index in [4.69, 9.17) is 19.4 Å². The second-order valence-electron chi connectivity index (χ2n) is 7.61. The molecule has 1 saturated heterocycles. The molecular weight excluding hydrogens is 418 g/mol. The number of ether oxygens (including phenoxy) is 2. The number of nitrogens with one attached hydrogen (secondary N) is 2. The summed E-state index contributed by atoms with van der Waals surface area (Å²) in [5, 5.41) is 12.7. The molecule has 3 rings (SSSR count). The van der Waals surface area contributed by atoms with Gasteiger partial charge >= 0.3 is 5.97 Å². The summed E-state index contributed by atoms with van der Waals surface area (Å²) < 4.78 is 11.1. The molecular formula is C22H31N3O7. The van der Waals surface area contributed by atoms with Gasteiger partial charge in [-0.15, -0.1) is 0 Å². The molecule has 1 atom stereocenters. The molecule has 0 aromatic heterocycles. The van der Waals surface area contributed by atoms with Crippen LogP contribution >= 0.6 is 0 Å². The lowest BCUT2D eigenvalue weighted by atomic mass is 10.1. The lowest BCUT2D eigenvalue weighted by molar-refractivity contribution is -0.142. The molecule has 2 heterocycles. The molecule has 1 fully saturated rings. The number of fused-ring (bicyclic) bond motifs is 1. The second kappa shape index (κ2) is 13.3. The Hall–Kier alpha value is -3.14. The van der Waals surface area contributed by atoms with Crippen LogP contribution in [0.1, 0.15) is 41.6 Å². The van der Waals surface area contributed by atoms with Crippen molar-refractivity contribution >= 4 is 24.3 Å². The van der Waals surface area contributed by atoms with Crippen molar-refractivity contribution in [1.82, 2.24) is 15.5 Å². The Balaban J connectivity index is 0.00000114. The number of cyclic esters (lactones) is 1. The van der Waals surface area contributed by atoms with Crippen molar-refractivity contribution in [3.63, 3.8) is 0 Å². The number of esters is 1. The van der Waals surface area contributed by atoms with E-state index in [9.17, 15) is 14.4 Å². The molecule has 0 bridgehead atoms. The van der Waals surface area contributed by atoms with Gasteiger partial charge in [0.2, 0.25) is 5.91 Å². The topological polar surface area (TPSA) is 134 Å². The molecule has 2 aliphatic heterocycles. The molecule has 10 heteroatoms. The minimum Gasteiger partial charge on any atom is -0.491 e. The maximum Gasteiger partial charge on any atom is 0.306 e. The fourth-order valence-electron chi connectivity index (χ4n) is 3.57. The van der Waals surface area contributed by atoms with Crippen LogP contribution in [0.15, 0.2) is 18.2 Å². The van der Waals surface area contributed by atoms with Crippen LogP contribution in [-0.2, 0) is 19.1 Å². The zero-order chi connectivity index (χ0) is 23.3. The van der Waals surface area contributed by atoms with Crippen LogP contribution in [0.5, 0.6) is 5.75 Å². The van der Waals surface area contributed by atoms with Crippen molar-refractivity contribution in [1.29, 1.82) is 0 Å². The molecule has 3 N–H and O–H groups in total. The molecule has 1 aromatic carbocycles. The fraction of sp³-hybridized carbons (Fsp3) is 0.545. The highest BCUT2D eigenvalue weighted by Gasteiger charge is 2.25. The molecule has 2 aliphatic rings. The van der Waals surface area contributed by atoms with Crippen molar-refractivity contribution in [3.8, 4) is 5.75 Å². The number of carbonyl (C=O) groups excluding carboxylic acids is 3. The quantitative estimate of drug-likeness (QED) is 0.444. The first-order valence-corrected chi connectivity index (χ1v) is 10.7. The van der Waals surface area contributed by atoms with E-state index in [1.54, 1.807) is 12.1 Å². The second-order valence-corrected chi connectivity index (χ2v) is 7.61. The lowest BCUT2D eigenvalue weighted by Gasteiger charge is -2.25. The van der Waals surface area contributed by atoms with E-state index in [1.165, 1.54) is 0 Å². The van der Waals surface area contributed by atoms with E-state index in [0.717, 1.165) is 5.56 Å². The van der Waals surface area contributed by atoms with Crippen LogP contribution in [0, 0.1) is 6.92 Å². The van der Waals surface area contributed by atoms with Gasteiger partial charge in [-0.25, -0.2) is 0 Å². The lowest BCUT2D eigenvalue weighted by Crippen LogP contribution is -2.39. The third kappa shape index (κ3) is 8.54. The molecule has 10 nitrogen and oxygen atoms in total. The van der Waals surface area contributed by atoms with Gasteiger partial charge in [-0.1, -0.05) is 11.6 Å². The van der Waals surface area contributed by atoms with E-state index in [-0.39, 0.29) is 30.4 Å². The van der Waals surface area contributed by atoms with Crippen LogP contribution in [0.3, 0.4) is 0 Å². The maximum atomic E-state index is 12.7. The van der Waals surface area contributed by atoms with E-state index in [1.807, 2.05) is 13.0 Å². The van der Waals surface area contributed by atoms with Crippen molar-refractivity contribution in [2.24, 2.45) is 0 Å². The molecule has 0 radical (unpaired) electrons. The Labute approximate surface area is 187 Å². The van der Waals surface area contributed by atoms with E-state index < -0.39 is 0 Å². The Morgan fingerprint density at radius 2 is 1.94 bits per heavy atom. The number of hydrogen-bond donors (Lipinski definition) is 3. The number of carboxylic acid groups (broad SMARTS) is 1. The Kier molecular flexibility index (Phi) is 10.5. The van der Waals surface area contributed by atoms with Gasteiger partial charge in [-0.05, 0) is 38.4 Å². The van der Waals surface area contributed by atoms with Crippen molar-refractivity contribution in [3.05, 3.63) is 29.3 Å². The van der Waals surface area contributed by atoms with Gasteiger partial charge < -0.3 is 25.2 Å². The summed E-state index contributed by atoms with van der Waals surface area (Å²) in [5.41, 5.74) is 1.46. The number of rotatable bonds is 2. The number of benzene rings is 1. The molecule has 0 spiro atoms. The first-order valence-electron chi connectivity index (χ1n) is 10.7. The summed E-state index contributed by atoms with van der Waals surface area (Å²) in [5.74, 6) is 0.142. The highest BCUT2D eigenvalue weighted by molar-refractivity contribution is 5.97. The van der Waals surface area contributed by atoms with Gasteiger partial charge in [0, 0.05) is 32.5 Å². The summed E-state index contributed by atoms with van der Waals surface area (Å²) in [4.78, 5) is 46.6. The molecule has 0 saturated carbocycles. The first-order chi connectivity index (χ1) is 15.4. The van der Waals surface area contributed by atoms with Gasteiger partial charge in [0.05, 0.1) is 12.1 Å². The monoisotopic (exact) mass is 449 g/mol. The van der Waals surface area contributed by atoms with Crippen LogP contribution in [-0.4, -0.2) is 79.7 Å². The van der Waals surface area contributed by atoms with Gasteiger partial charge in [0.15, 0.2) is 0 Å². The van der Waals surface area contributed by atoms with Crippen LogP contribution < -0.4 is 15.4 Å². The van der Waals surface area contributed by atoms with Gasteiger partial charge in [0.1, 0.15) is 18.5 Å². The smallest absolute Gasteiger partial charge is 0.306 e. The summed E-state index contributed by atoms with van der Waals surface area (Å²) in [6.45, 7) is 4.74. The highest BCUT2D eigenvalue weighted by atomic mass is 16.5. The van der Waals surface area contributed by atoms with E-state index in [2.05, 4.69) is 15.5 Å². The predicted molar refractivity (Wildman–Crippen MR) is 115 cm³/mol. The Morgan fingerprint density at radius 3 is 2.66 bits per heavy atom. The number of nitrogens with zero attached hydrogens (tertiary/aromatic N) is 1. The molecule has 2 amide bonds. The average molecular weight is 450 g/mol. The summed E-state index contributed by atoms with van der Waals surface area (Å²) in [6.07, 6.45) is 2.16. The third-order valence-corrected chi connectivity index (χ3v) is 5.08. The van der Waals surface area contributed by atoms with Crippen LogP contribution in [0.4, 0.5) is 0 Å². The van der Waals surface area contributed by atoms with Crippen LogP contribution in [0.25, 0.3) is 0 Å².